The Hall–Kier alpha value is -1.82. The van der Waals surface area contributed by atoms with E-state index in [4.69, 9.17) is 4.74 Å². The molecule has 1 aromatic rings. The maximum absolute atomic E-state index is 13.9. The number of rotatable bonds is 5. The van der Waals surface area contributed by atoms with E-state index < -0.39 is 0 Å². The predicted molar refractivity (Wildman–Crippen MR) is 95.2 cm³/mol. The molecule has 2 heterocycles. The summed E-state index contributed by atoms with van der Waals surface area (Å²) in [6.07, 6.45) is 4.70. The fraction of sp³-hybridized carbons (Fsp3) is 0.632. The van der Waals surface area contributed by atoms with Crippen molar-refractivity contribution in [2.24, 2.45) is 0 Å². The lowest BCUT2D eigenvalue weighted by Gasteiger charge is -2.36. The Labute approximate surface area is 149 Å². The lowest BCUT2D eigenvalue weighted by molar-refractivity contribution is 0.134. The molecule has 0 aliphatic carbocycles. The van der Waals surface area contributed by atoms with Crippen LogP contribution in [0.25, 0.3) is 0 Å². The quantitative estimate of drug-likeness (QED) is 0.889. The number of hydrogen-bond donors (Lipinski definition) is 1. The molecule has 2 saturated heterocycles. The Balaban J connectivity index is 1.44. The summed E-state index contributed by atoms with van der Waals surface area (Å²) in [5.74, 6) is -0.137. The van der Waals surface area contributed by atoms with Crippen LogP contribution in [0, 0.1) is 5.82 Å². The lowest BCUT2D eigenvalue weighted by atomic mass is 10.0. The number of amides is 2. The van der Waals surface area contributed by atoms with E-state index in [2.05, 4.69) is 10.2 Å². The second-order valence-corrected chi connectivity index (χ2v) is 6.82. The summed E-state index contributed by atoms with van der Waals surface area (Å²) < 4.78 is 19.0. The highest BCUT2D eigenvalue weighted by molar-refractivity contribution is 5.74. The van der Waals surface area contributed by atoms with Gasteiger partial charge in [-0.15, -0.1) is 0 Å². The van der Waals surface area contributed by atoms with Gasteiger partial charge in [-0.3, -0.25) is 0 Å². The third kappa shape index (κ3) is 4.63. The summed E-state index contributed by atoms with van der Waals surface area (Å²) in [5.41, 5.74) is 0.737. The van der Waals surface area contributed by atoms with Gasteiger partial charge in [0.05, 0.1) is 6.61 Å². The van der Waals surface area contributed by atoms with Crippen molar-refractivity contribution in [2.45, 2.75) is 45.2 Å². The van der Waals surface area contributed by atoms with Crippen molar-refractivity contribution in [2.75, 3.05) is 32.8 Å². The largest absolute Gasteiger partial charge is 0.491 e. The standard InChI is InChI=1S/C19H28FN3O2/c1-2-25-18-6-5-15(13-17(18)20)14-21-19(24)23-11-7-16(8-12-23)22-9-3-4-10-22/h5-6,13,16H,2-4,7-12,14H2,1H3,(H,21,24). The Morgan fingerprint density at radius 2 is 1.96 bits per heavy atom. The number of nitrogens with one attached hydrogen (secondary N) is 1. The summed E-state index contributed by atoms with van der Waals surface area (Å²) in [4.78, 5) is 16.8. The number of nitrogens with zero attached hydrogens (tertiary/aromatic N) is 2. The van der Waals surface area contributed by atoms with Crippen molar-refractivity contribution in [3.05, 3.63) is 29.6 Å². The second kappa shape index (κ2) is 8.52. The second-order valence-electron chi connectivity index (χ2n) is 6.82. The van der Waals surface area contributed by atoms with Gasteiger partial charge in [0.1, 0.15) is 0 Å². The normalized spacial score (nSPS) is 19.2. The van der Waals surface area contributed by atoms with E-state index in [-0.39, 0.29) is 17.6 Å². The molecule has 0 unspecified atom stereocenters. The van der Waals surface area contributed by atoms with Gasteiger partial charge in [0.25, 0.3) is 0 Å². The van der Waals surface area contributed by atoms with Crippen LogP contribution in [-0.4, -0.2) is 54.7 Å². The van der Waals surface area contributed by atoms with Gasteiger partial charge in [-0.25, -0.2) is 9.18 Å². The number of piperidine rings is 1. The van der Waals surface area contributed by atoms with Crippen LogP contribution < -0.4 is 10.1 Å². The Morgan fingerprint density at radius 3 is 2.60 bits per heavy atom. The molecule has 5 nitrogen and oxygen atoms in total. The van der Waals surface area contributed by atoms with E-state index in [1.54, 1.807) is 12.1 Å². The van der Waals surface area contributed by atoms with E-state index in [1.165, 1.54) is 32.0 Å². The van der Waals surface area contributed by atoms with E-state index in [1.807, 2.05) is 11.8 Å². The molecular formula is C19H28FN3O2. The molecule has 2 fully saturated rings. The molecule has 2 aliphatic rings. The summed E-state index contributed by atoms with van der Waals surface area (Å²) in [6, 6.07) is 5.39. The van der Waals surface area contributed by atoms with E-state index in [9.17, 15) is 9.18 Å². The molecule has 138 valence electrons. The topological polar surface area (TPSA) is 44.8 Å². The van der Waals surface area contributed by atoms with Crippen LogP contribution in [0.1, 0.15) is 38.2 Å². The summed E-state index contributed by atoms with van der Waals surface area (Å²) in [6.45, 7) is 6.59. The maximum Gasteiger partial charge on any atom is 0.317 e. The predicted octanol–water partition coefficient (Wildman–Crippen LogP) is 2.99. The molecule has 25 heavy (non-hydrogen) atoms. The summed E-state index contributed by atoms with van der Waals surface area (Å²) in [5, 5.41) is 2.90. The zero-order valence-corrected chi connectivity index (χ0v) is 15.0. The number of benzene rings is 1. The number of urea groups is 1. The molecular weight excluding hydrogens is 321 g/mol. The highest BCUT2D eigenvalue weighted by Gasteiger charge is 2.28. The van der Waals surface area contributed by atoms with Gasteiger partial charge in [-0.1, -0.05) is 6.07 Å². The number of ether oxygens (including phenoxy) is 1. The van der Waals surface area contributed by atoms with Gasteiger partial charge >= 0.3 is 6.03 Å². The molecule has 0 aromatic heterocycles. The summed E-state index contributed by atoms with van der Waals surface area (Å²) in [7, 11) is 0. The van der Waals surface area contributed by atoms with Gasteiger partial charge < -0.3 is 19.9 Å². The minimum Gasteiger partial charge on any atom is -0.491 e. The van der Waals surface area contributed by atoms with Crippen molar-refractivity contribution in [1.29, 1.82) is 0 Å². The van der Waals surface area contributed by atoms with E-state index >= 15 is 0 Å². The van der Waals surface area contributed by atoms with Crippen LogP contribution >= 0.6 is 0 Å². The molecule has 1 N–H and O–H groups in total. The minimum absolute atomic E-state index is 0.0610. The minimum atomic E-state index is -0.389. The molecule has 0 radical (unpaired) electrons. The van der Waals surface area contributed by atoms with Gasteiger partial charge in [0.15, 0.2) is 11.6 Å². The SMILES string of the molecule is CCOc1ccc(CNC(=O)N2CCC(N3CCCC3)CC2)cc1F. The maximum atomic E-state index is 13.9. The summed E-state index contributed by atoms with van der Waals surface area (Å²) >= 11 is 0. The first-order chi connectivity index (χ1) is 12.2. The van der Waals surface area contributed by atoms with Crippen molar-refractivity contribution in [3.8, 4) is 5.75 Å². The molecule has 0 atom stereocenters. The number of hydrogen-bond acceptors (Lipinski definition) is 3. The van der Waals surface area contributed by atoms with E-state index in [0.29, 0.717) is 19.2 Å². The first-order valence-corrected chi connectivity index (χ1v) is 9.35. The van der Waals surface area contributed by atoms with Gasteiger partial charge in [-0.2, -0.15) is 0 Å². The molecule has 6 heteroatoms. The molecule has 1 aromatic carbocycles. The van der Waals surface area contributed by atoms with Crippen LogP contribution in [0.2, 0.25) is 0 Å². The number of likely N-dealkylation sites (tertiary alicyclic amines) is 2. The van der Waals surface area contributed by atoms with Gasteiger partial charge in [0, 0.05) is 25.7 Å². The first kappa shape index (κ1) is 18.0. The number of halogens is 1. The zero-order chi connectivity index (χ0) is 17.6. The van der Waals surface area contributed by atoms with Gasteiger partial charge in [-0.05, 0) is 63.4 Å². The fourth-order valence-electron chi connectivity index (χ4n) is 3.76. The number of carbonyl (C=O) groups excluding carboxylic acids is 1. The van der Waals surface area contributed by atoms with Gasteiger partial charge in [0.2, 0.25) is 0 Å². The molecule has 2 aliphatic heterocycles. The van der Waals surface area contributed by atoms with Crippen LogP contribution in [0.5, 0.6) is 5.75 Å². The molecule has 2 amide bonds. The van der Waals surface area contributed by atoms with Crippen LogP contribution in [0.4, 0.5) is 9.18 Å². The van der Waals surface area contributed by atoms with E-state index in [0.717, 1.165) is 31.5 Å². The lowest BCUT2D eigenvalue weighted by Crippen LogP contribution is -2.48. The molecule has 0 saturated carbocycles. The third-order valence-electron chi connectivity index (χ3n) is 5.15. The number of carbonyl (C=O) groups is 1. The average Bonchev–Trinajstić information content (AvgIpc) is 3.17. The Bertz CT molecular complexity index is 582. The Kier molecular flexibility index (Phi) is 6.13. The van der Waals surface area contributed by atoms with Crippen LogP contribution in [0.15, 0.2) is 18.2 Å². The highest BCUT2D eigenvalue weighted by atomic mass is 19.1. The van der Waals surface area contributed by atoms with Crippen LogP contribution in [-0.2, 0) is 6.54 Å². The molecule has 0 bridgehead atoms. The average molecular weight is 349 g/mol. The first-order valence-electron chi connectivity index (χ1n) is 9.35. The molecule has 0 spiro atoms. The fourth-order valence-corrected chi connectivity index (χ4v) is 3.76. The smallest absolute Gasteiger partial charge is 0.317 e. The van der Waals surface area contributed by atoms with Crippen molar-refractivity contribution < 1.29 is 13.9 Å². The highest BCUT2D eigenvalue weighted by Crippen LogP contribution is 2.21. The Morgan fingerprint density at radius 1 is 1.24 bits per heavy atom. The van der Waals surface area contributed by atoms with Crippen molar-refractivity contribution >= 4 is 6.03 Å². The third-order valence-corrected chi connectivity index (χ3v) is 5.15. The zero-order valence-electron chi connectivity index (χ0n) is 15.0. The van der Waals surface area contributed by atoms with Crippen molar-refractivity contribution in [3.63, 3.8) is 0 Å². The van der Waals surface area contributed by atoms with Crippen molar-refractivity contribution in [1.82, 2.24) is 15.1 Å². The molecule has 3 rings (SSSR count). The monoisotopic (exact) mass is 349 g/mol. The van der Waals surface area contributed by atoms with Crippen LogP contribution in [0.3, 0.4) is 0 Å².